The summed E-state index contributed by atoms with van der Waals surface area (Å²) in [5, 5.41) is 12.2. The number of aromatic carboxylic acids is 1. The van der Waals surface area contributed by atoms with Crippen molar-refractivity contribution < 1.29 is 9.90 Å². The SMILES string of the molecule is Cc1cc(NCc2ccccc2)c(C(=O)O)cn1. The van der Waals surface area contributed by atoms with Gasteiger partial charge < -0.3 is 10.4 Å². The first-order valence-corrected chi connectivity index (χ1v) is 5.64. The van der Waals surface area contributed by atoms with Crippen molar-refractivity contribution >= 4 is 11.7 Å². The third-order valence-corrected chi connectivity index (χ3v) is 2.60. The van der Waals surface area contributed by atoms with Crippen LogP contribution in [0.2, 0.25) is 0 Å². The van der Waals surface area contributed by atoms with Crippen molar-refractivity contribution in [2.24, 2.45) is 0 Å². The van der Waals surface area contributed by atoms with Gasteiger partial charge in [-0.1, -0.05) is 30.3 Å². The minimum Gasteiger partial charge on any atom is -0.478 e. The summed E-state index contributed by atoms with van der Waals surface area (Å²) < 4.78 is 0. The van der Waals surface area contributed by atoms with Gasteiger partial charge in [0, 0.05) is 18.4 Å². The monoisotopic (exact) mass is 242 g/mol. The van der Waals surface area contributed by atoms with Crippen molar-refractivity contribution in [1.82, 2.24) is 4.98 Å². The molecule has 0 aliphatic heterocycles. The van der Waals surface area contributed by atoms with Crippen molar-refractivity contribution in [2.75, 3.05) is 5.32 Å². The molecule has 0 spiro atoms. The number of aryl methyl sites for hydroxylation is 1. The van der Waals surface area contributed by atoms with Crippen LogP contribution in [0.5, 0.6) is 0 Å². The number of carboxylic acids is 1. The van der Waals surface area contributed by atoms with Crippen LogP contribution in [0.4, 0.5) is 5.69 Å². The third kappa shape index (κ3) is 2.85. The maximum absolute atomic E-state index is 11.1. The molecule has 1 heterocycles. The highest BCUT2D eigenvalue weighted by molar-refractivity contribution is 5.93. The molecular weight excluding hydrogens is 228 g/mol. The molecule has 0 saturated heterocycles. The van der Waals surface area contributed by atoms with Crippen LogP contribution in [0.1, 0.15) is 21.6 Å². The maximum atomic E-state index is 11.1. The largest absolute Gasteiger partial charge is 0.478 e. The Morgan fingerprint density at radius 1 is 1.33 bits per heavy atom. The van der Waals surface area contributed by atoms with Gasteiger partial charge in [-0.2, -0.15) is 0 Å². The molecule has 4 heteroatoms. The number of carbonyl (C=O) groups is 1. The van der Waals surface area contributed by atoms with Gasteiger partial charge in [0.1, 0.15) is 5.56 Å². The van der Waals surface area contributed by atoms with E-state index in [0.29, 0.717) is 12.2 Å². The molecule has 2 rings (SSSR count). The first-order chi connectivity index (χ1) is 8.66. The molecule has 18 heavy (non-hydrogen) atoms. The fourth-order valence-corrected chi connectivity index (χ4v) is 1.67. The molecule has 1 aromatic carbocycles. The summed E-state index contributed by atoms with van der Waals surface area (Å²) in [4.78, 5) is 15.1. The number of benzene rings is 1. The van der Waals surface area contributed by atoms with Gasteiger partial charge in [0.15, 0.2) is 0 Å². The highest BCUT2D eigenvalue weighted by Crippen LogP contribution is 2.16. The lowest BCUT2D eigenvalue weighted by Gasteiger charge is -2.10. The van der Waals surface area contributed by atoms with E-state index in [0.717, 1.165) is 11.3 Å². The second kappa shape index (κ2) is 5.31. The highest BCUT2D eigenvalue weighted by atomic mass is 16.4. The zero-order valence-electron chi connectivity index (χ0n) is 10.1. The maximum Gasteiger partial charge on any atom is 0.339 e. The van der Waals surface area contributed by atoms with Crippen LogP contribution in [0.15, 0.2) is 42.6 Å². The summed E-state index contributed by atoms with van der Waals surface area (Å²) in [6.45, 7) is 2.42. The van der Waals surface area contributed by atoms with E-state index in [4.69, 9.17) is 5.11 Å². The van der Waals surface area contributed by atoms with Gasteiger partial charge in [-0.25, -0.2) is 4.79 Å². The van der Waals surface area contributed by atoms with Gasteiger partial charge in [-0.15, -0.1) is 0 Å². The van der Waals surface area contributed by atoms with Gasteiger partial charge in [0.25, 0.3) is 0 Å². The molecule has 1 aromatic heterocycles. The highest BCUT2D eigenvalue weighted by Gasteiger charge is 2.10. The van der Waals surface area contributed by atoms with E-state index in [1.54, 1.807) is 6.07 Å². The average Bonchev–Trinajstić information content (AvgIpc) is 2.37. The summed E-state index contributed by atoms with van der Waals surface area (Å²) in [5.41, 5.74) is 2.68. The first kappa shape index (κ1) is 12.1. The predicted octanol–water partition coefficient (Wildman–Crippen LogP) is 2.70. The van der Waals surface area contributed by atoms with Crippen LogP contribution < -0.4 is 5.32 Å². The lowest BCUT2D eigenvalue weighted by Crippen LogP contribution is -2.07. The first-order valence-electron chi connectivity index (χ1n) is 5.64. The van der Waals surface area contributed by atoms with E-state index in [2.05, 4.69) is 10.3 Å². The third-order valence-electron chi connectivity index (χ3n) is 2.60. The fourth-order valence-electron chi connectivity index (χ4n) is 1.67. The number of nitrogens with one attached hydrogen (secondary N) is 1. The van der Waals surface area contributed by atoms with Crippen LogP contribution in [-0.4, -0.2) is 16.1 Å². The quantitative estimate of drug-likeness (QED) is 0.865. The van der Waals surface area contributed by atoms with E-state index in [1.165, 1.54) is 6.20 Å². The van der Waals surface area contributed by atoms with Crippen molar-refractivity contribution in [3.63, 3.8) is 0 Å². The van der Waals surface area contributed by atoms with Crippen molar-refractivity contribution in [3.05, 3.63) is 59.4 Å². The number of rotatable bonds is 4. The standard InChI is InChI=1S/C14H14N2O2/c1-10-7-13(12(9-15-10)14(17)18)16-8-11-5-3-2-4-6-11/h2-7,9H,8H2,1H3,(H,15,16)(H,17,18). The molecule has 2 N–H and O–H groups in total. The number of nitrogens with zero attached hydrogens (tertiary/aromatic N) is 1. The van der Waals surface area contributed by atoms with Crippen LogP contribution in [-0.2, 0) is 6.54 Å². The average molecular weight is 242 g/mol. The van der Waals surface area contributed by atoms with Gasteiger partial charge in [0.2, 0.25) is 0 Å². The Labute approximate surface area is 105 Å². The minimum atomic E-state index is -0.974. The Hall–Kier alpha value is -2.36. The Bertz CT molecular complexity index is 553. The minimum absolute atomic E-state index is 0.191. The molecule has 0 saturated carbocycles. The normalized spacial score (nSPS) is 10.1. The Morgan fingerprint density at radius 2 is 2.06 bits per heavy atom. The topological polar surface area (TPSA) is 62.2 Å². The van der Waals surface area contributed by atoms with E-state index in [9.17, 15) is 4.79 Å². The van der Waals surface area contributed by atoms with Crippen molar-refractivity contribution in [3.8, 4) is 0 Å². The van der Waals surface area contributed by atoms with Gasteiger partial charge >= 0.3 is 5.97 Å². The van der Waals surface area contributed by atoms with Crippen molar-refractivity contribution in [1.29, 1.82) is 0 Å². The number of hydrogen-bond acceptors (Lipinski definition) is 3. The van der Waals surface area contributed by atoms with Gasteiger partial charge in [0.05, 0.1) is 5.69 Å². The Balaban J connectivity index is 2.18. The molecule has 0 amide bonds. The summed E-state index contributed by atoms with van der Waals surface area (Å²) in [7, 11) is 0. The molecule has 0 fully saturated rings. The van der Waals surface area contributed by atoms with Gasteiger partial charge in [-0.05, 0) is 18.6 Å². The second-order valence-corrected chi connectivity index (χ2v) is 4.02. The molecule has 2 aromatic rings. The summed E-state index contributed by atoms with van der Waals surface area (Å²) in [6.07, 6.45) is 1.38. The molecule has 0 unspecified atom stereocenters. The van der Waals surface area contributed by atoms with E-state index >= 15 is 0 Å². The number of anilines is 1. The molecule has 0 atom stereocenters. The fraction of sp³-hybridized carbons (Fsp3) is 0.143. The van der Waals surface area contributed by atoms with E-state index in [1.807, 2.05) is 37.3 Å². The van der Waals surface area contributed by atoms with E-state index in [-0.39, 0.29) is 5.56 Å². The summed E-state index contributed by atoms with van der Waals surface area (Å²) >= 11 is 0. The zero-order chi connectivity index (χ0) is 13.0. The van der Waals surface area contributed by atoms with Crippen LogP contribution >= 0.6 is 0 Å². The van der Waals surface area contributed by atoms with Crippen molar-refractivity contribution in [2.45, 2.75) is 13.5 Å². The smallest absolute Gasteiger partial charge is 0.339 e. The Kier molecular flexibility index (Phi) is 3.57. The second-order valence-electron chi connectivity index (χ2n) is 4.02. The lowest BCUT2D eigenvalue weighted by molar-refractivity contribution is 0.0697. The van der Waals surface area contributed by atoms with Gasteiger partial charge in [-0.3, -0.25) is 4.98 Å². The number of pyridine rings is 1. The molecule has 0 aliphatic rings. The molecule has 0 radical (unpaired) electrons. The van der Waals surface area contributed by atoms with Crippen LogP contribution in [0.3, 0.4) is 0 Å². The molecular formula is C14H14N2O2. The molecule has 92 valence electrons. The van der Waals surface area contributed by atoms with Crippen LogP contribution in [0.25, 0.3) is 0 Å². The van der Waals surface area contributed by atoms with E-state index < -0.39 is 5.97 Å². The zero-order valence-corrected chi connectivity index (χ0v) is 10.1. The predicted molar refractivity (Wildman–Crippen MR) is 69.7 cm³/mol. The number of aromatic nitrogens is 1. The number of carboxylic acid groups (broad SMARTS) is 1. The molecule has 0 aliphatic carbocycles. The lowest BCUT2D eigenvalue weighted by atomic mass is 10.2. The summed E-state index contributed by atoms with van der Waals surface area (Å²) in [5.74, 6) is -0.974. The molecule has 4 nitrogen and oxygen atoms in total. The number of hydrogen-bond donors (Lipinski definition) is 2. The summed E-state index contributed by atoms with van der Waals surface area (Å²) in [6, 6.07) is 11.6. The molecule has 0 bridgehead atoms. The van der Waals surface area contributed by atoms with Crippen LogP contribution in [0, 0.1) is 6.92 Å². The Morgan fingerprint density at radius 3 is 2.72 bits per heavy atom.